The lowest BCUT2D eigenvalue weighted by atomic mass is 10.2. The zero-order valence-electron chi connectivity index (χ0n) is 15.5. The second kappa shape index (κ2) is 7.51. The van der Waals surface area contributed by atoms with Gasteiger partial charge in [-0.3, -0.25) is 14.5 Å². The van der Waals surface area contributed by atoms with Gasteiger partial charge in [-0.25, -0.2) is 13.8 Å². The van der Waals surface area contributed by atoms with Crippen molar-refractivity contribution in [1.82, 2.24) is 19.7 Å². The molecule has 146 valence electrons. The maximum atomic E-state index is 13.8. The Kier molecular flexibility index (Phi) is 4.89. The molecule has 29 heavy (non-hydrogen) atoms. The highest BCUT2D eigenvalue weighted by Gasteiger charge is 2.20. The topological polar surface area (TPSA) is 72.7 Å². The van der Waals surface area contributed by atoms with Gasteiger partial charge in [-0.15, -0.1) is 11.3 Å². The summed E-state index contributed by atoms with van der Waals surface area (Å²) in [4.78, 5) is 22.0. The average Bonchev–Trinajstić information content (AvgIpc) is 3.28. The first-order chi connectivity index (χ1) is 13.9. The van der Waals surface area contributed by atoms with Crippen molar-refractivity contribution in [3.05, 3.63) is 71.8 Å². The summed E-state index contributed by atoms with van der Waals surface area (Å²) in [5.41, 5.74) is 1.89. The summed E-state index contributed by atoms with van der Waals surface area (Å²) in [6.45, 7) is 1.87. The molecule has 1 aromatic carbocycles. The fourth-order valence-electron chi connectivity index (χ4n) is 2.83. The first-order valence-corrected chi connectivity index (χ1v) is 9.43. The lowest BCUT2D eigenvalue weighted by Gasteiger charge is -2.05. The average molecular weight is 411 g/mol. The van der Waals surface area contributed by atoms with Gasteiger partial charge in [0, 0.05) is 25.0 Å². The number of para-hydroxylation sites is 1. The molecule has 1 N–H and O–H groups in total. The number of benzene rings is 1. The van der Waals surface area contributed by atoms with Crippen molar-refractivity contribution in [3.8, 4) is 21.1 Å². The van der Waals surface area contributed by atoms with Crippen molar-refractivity contribution in [1.29, 1.82) is 0 Å². The molecule has 4 aromatic rings. The first kappa shape index (κ1) is 18.9. The number of aryl methyl sites for hydroxylation is 2. The SMILES string of the molecule is Cc1nc(-c2cccnc2)sc1-c1cc(C(=O)Nc2c(F)cccc2F)nn1C. The van der Waals surface area contributed by atoms with Crippen LogP contribution >= 0.6 is 11.3 Å². The Bertz CT molecular complexity index is 1180. The molecule has 0 fully saturated rings. The van der Waals surface area contributed by atoms with Crippen LogP contribution in [0.4, 0.5) is 14.5 Å². The Balaban J connectivity index is 1.65. The summed E-state index contributed by atoms with van der Waals surface area (Å²) >= 11 is 1.45. The predicted molar refractivity (Wildman–Crippen MR) is 107 cm³/mol. The smallest absolute Gasteiger partial charge is 0.276 e. The molecule has 6 nitrogen and oxygen atoms in total. The molecular formula is C20H15F2N5OS. The van der Waals surface area contributed by atoms with E-state index in [1.165, 1.54) is 17.4 Å². The van der Waals surface area contributed by atoms with Gasteiger partial charge in [0.1, 0.15) is 22.3 Å². The quantitative estimate of drug-likeness (QED) is 0.539. The van der Waals surface area contributed by atoms with Crippen molar-refractivity contribution < 1.29 is 13.6 Å². The highest BCUT2D eigenvalue weighted by molar-refractivity contribution is 7.18. The van der Waals surface area contributed by atoms with Gasteiger partial charge in [0.05, 0.1) is 16.3 Å². The molecule has 0 spiro atoms. The van der Waals surface area contributed by atoms with E-state index in [-0.39, 0.29) is 5.69 Å². The standard InChI is InChI=1S/C20H15F2N5OS/c1-11-18(29-20(24-11)12-5-4-8-23-10-12)16-9-15(26-27(16)2)19(28)25-17-13(21)6-3-7-14(17)22/h3-10H,1-2H3,(H,25,28). The number of amides is 1. The van der Waals surface area contributed by atoms with Crippen molar-refractivity contribution in [2.24, 2.45) is 7.05 Å². The minimum Gasteiger partial charge on any atom is -0.316 e. The van der Waals surface area contributed by atoms with Crippen molar-refractivity contribution in [2.45, 2.75) is 6.92 Å². The van der Waals surface area contributed by atoms with E-state index in [1.807, 2.05) is 19.1 Å². The Morgan fingerprint density at radius 2 is 1.93 bits per heavy atom. The van der Waals surface area contributed by atoms with Gasteiger partial charge in [0.2, 0.25) is 0 Å². The summed E-state index contributed by atoms with van der Waals surface area (Å²) in [6.07, 6.45) is 3.42. The number of nitrogens with zero attached hydrogens (tertiary/aromatic N) is 4. The fourth-order valence-corrected chi connectivity index (χ4v) is 3.94. The van der Waals surface area contributed by atoms with Crippen molar-refractivity contribution in [3.63, 3.8) is 0 Å². The van der Waals surface area contributed by atoms with Crippen LogP contribution in [0.25, 0.3) is 21.1 Å². The number of carbonyl (C=O) groups excluding carboxylic acids is 1. The van der Waals surface area contributed by atoms with E-state index in [0.717, 1.165) is 33.3 Å². The van der Waals surface area contributed by atoms with Crippen LogP contribution in [0.1, 0.15) is 16.2 Å². The number of nitrogens with one attached hydrogen (secondary N) is 1. The van der Waals surface area contributed by atoms with Crippen LogP contribution in [0.2, 0.25) is 0 Å². The van der Waals surface area contributed by atoms with Gasteiger partial charge in [-0.05, 0) is 37.3 Å². The molecule has 4 rings (SSSR count). The number of rotatable bonds is 4. The molecular weight excluding hydrogens is 396 g/mol. The molecule has 0 saturated heterocycles. The number of thiazole rings is 1. The molecule has 1 amide bonds. The van der Waals surface area contributed by atoms with Gasteiger partial charge in [-0.2, -0.15) is 5.10 Å². The molecule has 3 aromatic heterocycles. The summed E-state index contributed by atoms with van der Waals surface area (Å²) in [5, 5.41) is 7.24. The van der Waals surface area contributed by atoms with E-state index in [4.69, 9.17) is 0 Å². The minimum absolute atomic E-state index is 0.0425. The highest BCUT2D eigenvalue weighted by atomic mass is 32.1. The van der Waals surface area contributed by atoms with E-state index in [0.29, 0.717) is 5.69 Å². The third-order valence-electron chi connectivity index (χ3n) is 4.25. The maximum absolute atomic E-state index is 13.8. The Morgan fingerprint density at radius 1 is 1.17 bits per heavy atom. The molecule has 0 aliphatic heterocycles. The molecule has 0 aliphatic carbocycles. The molecule has 0 bridgehead atoms. The van der Waals surface area contributed by atoms with Gasteiger partial charge in [0.15, 0.2) is 5.69 Å². The molecule has 0 aliphatic rings. The second-order valence-electron chi connectivity index (χ2n) is 6.26. The Hall–Kier alpha value is -3.46. The second-order valence-corrected chi connectivity index (χ2v) is 7.26. The molecule has 0 saturated carbocycles. The molecule has 3 heterocycles. The Morgan fingerprint density at radius 3 is 2.62 bits per heavy atom. The molecule has 9 heteroatoms. The van der Waals surface area contributed by atoms with E-state index < -0.39 is 23.2 Å². The molecule has 0 atom stereocenters. The number of pyridine rings is 1. The van der Waals surface area contributed by atoms with Crippen LogP contribution in [0, 0.1) is 18.6 Å². The highest BCUT2D eigenvalue weighted by Crippen LogP contribution is 2.35. The normalized spacial score (nSPS) is 10.9. The van der Waals surface area contributed by atoms with Gasteiger partial charge in [0.25, 0.3) is 5.91 Å². The minimum atomic E-state index is -0.853. The van der Waals surface area contributed by atoms with Crippen LogP contribution in [0.5, 0.6) is 0 Å². The predicted octanol–water partition coefficient (Wildman–Crippen LogP) is 4.44. The maximum Gasteiger partial charge on any atom is 0.276 e. The summed E-state index contributed by atoms with van der Waals surface area (Å²) in [7, 11) is 1.69. The van der Waals surface area contributed by atoms with Gasteiger partial charge in [-0.1, -0.05) is 6.07 Å². The fraction of sp³-hybridized carbons (Fsp3) is 0.100. The lowest BCUT2D eigenvalue weighted by Crippen LogP contribution is -2.15. The van der Waals surface area contributed by atoms with Crippen molar-refractivity contribution >= 4 is 22.9 Å². The number of carbonyl (C=O) groups is 1. The molecule has 0 unspecified atom stereocenters. The van der Waals surface area contributed by atoms with E-state index in [1.54, 1.807) is 30.2 Å². The van der Waals surface area contributed by atoms with E-state index in [9.17, 15) is 13.6 Å². The lowest BCUT2D eigenvalue weighted by molar-refractivity contribution is 0.102. The van der Waals surface area contributed by atoms with E-state index in [2.05, 4.69) is 20.4 Å². The van der Waals surface area contributed by atoms with Crippen LogP contribution in [-0.4, -0.2) is 25.7 Å². The zero-order chi connectivity index (χ0) is 20.5. The van der Waals surface area contributed by atoms with Gasteiger partial charge < -0.3 is 5.32 Å². The van der Waals surface area contributed by atoms with Crippen LogP contribution in [-0.2, 0) is 7.05 Å². The number of hydrogen-bond acceptors (Lipinski definition) is 5. The number of aromatic nitrogens is 4. The van der Waals surface area contributed by atoms with E-state index >= 15 is 0 Å². The number of anilines is 1. The van der Waals surface area contributed by atoms with Crippen LogP contribution in [0.3, 0.4) is 0 Å². The van der Waals surface area contributed by atoms with Crippen LogP contribution in [0.15, 0.2) is 48.8 Å². The first-order valence-electron chi connectivity index (χ1n) is 8.61. The molecule has 0 radical (unpaired) electrons. The Labute approximate surface area is 168 Å². The van der Waals surface area contributed by atoms with Gasteiger partial charge >= 0.3 is 0 Å². The summed E-state index contributed by atoms with van der Waals surface area (Å²) in [6, 6.07) is 8.69. The number of halogens is 2. The third kappa shape index (κ3) is 3.64. The summed E-state index contributed by atoms with van der Waals surface area (Å²) in [5.74, 6) is -2.41. The van der Waals surface area contributed by atoms with Crippen LogP contribution < -0.4 is 5.32 Å². The third-order valence-corrected chi connectivity index (χ3v) is 5.48. The number of hydrogen-bond donors (Lipinski definition) is 1. The monoisotopic (exact) mass is 411 g/mol. The zero-order valence-corrected chi connectivity index (χ0v) is 16.3. The summed E-state index contributed by atoms with van der Waals surface area (Å²) < 4.78 is 29.1. The largest absolute Gasteiger partial charge is 0.316 e. The van der Waals surface area contributed by atoms with Crippen molar-refractivity contribution in [2.75, 3.05) is 5.32 Å².